The van der Waals surface area contributed by atoms with E-state index in [9.17, 15) is 8.42 Å². The maximum Gasteiger partial charge on any atom is 0.211 e. The minimum Gasteiger partial charge on any atom is -0.493 e. The molecule has 0 bridgehead atoms. The van der Waals surface area contributed by atoms with Crippen molar-refractivity contribution in [1.82, 2.24) is 4.31 Å². The van der Waals surface area contributed by atoms with Gasteiger partial charge < -0.3 is 20.5 Å². The van der Waals surface area contributed by atoms with Crippen LogP contribution in [0.25, 0.3) is 0 Å². The van der Waals surface area contributed by atoms with Gasteiger partial charge in [0.05, 0.1) is 20.5 Å². The van der Waals surface area contributed by atoms with Crippen LogP contribution in [0.15, 0.2) is 23.2 Å². The standard InChI is InChI=1S/C16H26N4O4S/c1-23-14-5-4-13(10-15(14)24-2)19-16(17)18-11-12-6-8-20(9-7-12)25(3,21)22/h4-5,10,12H,6-9,11H2,1-3H3,(H3,17,18,19). The summed E-state index contributed by atoms with van der Waals surface area (Å²) >= 11 is 0. The first-order valence-electron chi connectivity index (χ1n) is 8.07. The molecule has 3 N–H and O–H groups in total. The third kappa shape index (κ3) is 5.50. The zero-order chi connectivity index (χ0) is 18.4. The van der Waals surface area contributed by atoms with Crippen molar-refractivity contribution < 1.29 is 17.9 Å². The summed E-state index contributed by atoms with van der Waals surface area (Å²) in [6, 6.07) is 5.40. The number of nitrogens with zero attached hydrogens (tertiary/aromatic N) is 2. The molecule has 1 aromatic carbocycles. The highest BCUT2D eigenvalue weighted by molar-refractivity contribution is 7.88. The first-order valence-corrected chi connectivity index (χ1v) is 9.92. The lowest BCUT2D eigenvalue weighted by Crippen LogP contribution is -2.38. The van der Waals surface area contributed by atoms with Gasteiger partial charge in [0.25, 0.3) is 0 Å². The minimum atomic E-state index is -3.10. The molecule has 1 aromatic rings. The van der Waals surface area contributed by atoms with Crippen LogP contribution in [0.3, 0.4) is 0 Å². The predicted molar refractivity (Wildman–Crippen MR) is 98.8 cm³/mol. The number of nitrogens with one attached hydrogen (secondary N) is 1. The Labute approximate surface area is 149 Å². The first kappa shape index (κ1) is 19.3. The van der Waals surface area contributed by atoms with Gasteiger partial charge in [0, 0.05) is 31.4 Å². The molecule has 0 aliphatic carbocycles. The smallest absolute Gasteiger partial charge is 0.211 e. The maximum atomic E-state index is 11.5. The normalized spacial score (nSPS) is 17.3. The zero-order valence-electron chi connectivity index (χ0n) is 14.9. The van der Waals surface area contributed by atoms with E-state index in [2.05, 4.69) is 10.3 Å². The minimum absolute atomic E-state index is 0.317. The van der Waals surface area contributed by atoms with Crippen molar-refractivity contribution in [2.45, 2.75) is 12.8 Å². The molecule has 1 aliphatic rings. The van der Waals surface area contributed by atoms with E-state index in [1.165, 1.54) is 10.6 Å². The molecule has 2 rings (SSSR count). The fourth-order valence-corrected chi connectivity index (χ4v) is 3.63. The van der Waals surface area contributed by atoms with Crippen LogP contribution in [-0.2, 0) is 10.0 Å². The number of hydrogen-bond donors (Lipinski definition) is 2. The van der Waals surface area contributed by atoms with E-state index in [-0.39, 0.29) is 0 Å². The third-order valence-corrected chi connectivity index (χ3v) is 5.52. The molecule has 1 saturated heterocycles. The highest BCUT2D eigenvalue weighted by Gasteiger charge is 2.24. The summed E-state index contributed by atoms with van der Waals surface area (Å²) in [7, 11) is 0.0553. The van der Waals surface area contributed by atoms with Crippen molar-refractivity contribution in [3.8, 4) is 11.5 Å². The molecule has 9 heteroatoms. The monoisotopic (exact) mass is 370 g/mol. The summed E-state index contributed by atoms with van der Waals surface area (Å²) in [4.78, 5) is 4.37. The van der Waals surface area contributed by atoms with E-state index in [4.69, 9.17) is 15.2 Å². The fourth-order valence-electron chi connectivity index (χ4n) is 2.75. The molecular formula is C16H26N4O4S. The molecule has 0 saturated carbocycles. The second kappa shape index (κ2) is 8.39. The number of nitrogens with two attached hydrogens (primary N) is 1. The number of aliphatic imine (C=N–C) groups is 1. The molecule has 25 heavy (non-hydrogen) atoms. The molecule has 0 atom stereocenters. The Kier molecular flexibility index (Phi) is 6.49. The van der Waals surface area contributed by atoms with Gasteiger partial charge in [0.15, 0.2) is 17.5 Å². The third-order valence-electron chi connectivity index (χ3n) is 4.22. The number of hydrogen-bond acceptors (Lipinski definition) is 5. The van der Waals surface area contributed by atoms with Crippen molar-refractivity contribution in [3.63, 3.8) is 0 Å². The number of benzene rings is 1. The summed E-state index contributed by atoms with van der Waals surface area (Å²) in [6.07, 6.45) is 2.83. The van der Waals surface area contributed by atoms with Gasteiger partial charge in [-0.05, 0) is 30.9 Å². The average Bonchev–Trinajstić information content (AvgIpc) is 2.59. The average molecular weight is 370 g/mol. The number of ether oxygens (including phenoxy) is 2. The van der Waals surface area contributed by atoms with Crippen LogP contribution in [0, 0.1) is 5.92 Å². The number of guanidine groups is 1. The Morgan fingerprint density at radius 2 is 1.92 bits per heavy atom. The number of sulfonamides is 1. The Hall–Kier alpha value is -2.00. The number of rotatable bonds is 6. The lowest BCUT2D eigenvalue weighted by atomic mass is 9.98. The second-order valence-corrected chi connectivity index (χ2v) is 8.01. The van der Waals surface area contributed by atoms with Crippen LogP contribution in [0.1, 0.15) is 12.8 Å². The maximum absolute atomic E-state index is 11.5. The number of methoxy groups -OCH3 is 2. The lowest BCUT2D eigenvalue weighted by Gasteiger charge is -2.29. The number of anilines is 1. The molecule has 0 spiro atoms. The largest absolute Gasteiger partial charge is 0.493 e. The first-order chi connectivity index (χ1) is 11.8. The van der Waals surface area contributed by atoms with Crippen LogP contribution in [0.4, 0.5) is 5.69 Å². The summed E-state index contributed by atoms with van der Waals surface area (Å²) in [5.41, 5.74) is 6.70. The van der Waals surface area contributed by atoms with Crippen molar-refractivity contribution >= 4 is 21.7 Å². The summed E-state index contributed by atoms with van der Waals surface area (Å²) < 4.78 is 35.0. The molecular weight excluding hydrogens is 344 g/mol. The Balaban J connectivity index is 1.88. The van der Waals surface area contributed by atoms with Crippen molar-refractivity contribution in [2.75, 3.05) is 45.4 Å². The SMILES string of the molecule is COc1ccc(NC(N)=NCC2CCN(S(C)(=O)=O)CC2)cc1OC. The molecule has 0 amide bonds. The van der Waals surface area contributed by atoms with Gasteiger partial charge in [-0.1, -0.05) is 0 Å². The molecule has 0 aromatic heterocycles. The highest BCUT2D eigenvalue weighted by atomic mass is 32.2. The van der Waals surface area contributed by atoms with Crippen LogP contribution < -0.4 is 20.5 Å². The van der Waals surface area contributed by atoms with Crippen LogP contribution in [-0.4, -0.2) is 58.8 Å². The Morgan fingerprint density at radius 3 is 2.48 bits per heavy atom. The number of piperidine rings is 1. The van der Waals surface area contributed by atoms with Crippen LogP contribution in [0.5, 0.6) is 11.5 Å². The fraction of sp³-hybridized carbons (Fsp3) is 0.562. The van der Waals surface area contributed by atoms with Gasteiger partial charge >= 0.3 is 0 Å². The van der Waals surface area contributed by atoms with Crippen LogP contribution in [0.2, 0.25) is 0 Å². The van der Waals surface area contributed by atoms with E-state index >= 15 is 0 Å². The summed E-state index contributed by atoms with van der Waals surface area (Å²) in [5, 5.41) is 3.03. The van der Waals surface area contributed by atoms with E-state index in [0.717, 1.165) is 18.5 Å². The Bertz CT molecular complexity index is 713. The molecule has 0 radical (unpaired) electrons. The molecule has 1 heterocycles. The van der Waals surface area contributed by atoms with Gasteiger partial charge in [0.2, 0.25) is 10.0 Å². The molecule has 0 unspecified atom stereocenters. The van der Waals surface area contributed by atoms with Gasteiger partial charge in [-0.2, -0.15) is 0 Å². The highest BCUT2D eigenvalue weighted by Crippen LogP contribution is 2.29. The molecule has 1 fully saturated rings. The molecule has 1 aliphatic heterocycles. The zero-order valence-corrected chi connectivity index (χ0v) is 15.7. The summed E-state index contributed by atoms with van der Waals surface area (Å²) in [6.45, 7) is 1.66. The molecule has 140 valence electrons. The molecule has 8 nitrogen and oxygen atoms in total. The van der Waals surface area contributed by atoms with E-state index in [1.54, 1.807) is 26.4 Å². The lowest BCUT2D eigenvalue weighted by molar-refractivity contribution is 0.280. The van der Waals surface area contributed by atoms with E-state index in [1.807, 2.05) is 6.07 Å². The van der Waals surface area contributed by atoms with Crippen molar-refractivity contribution in [3.05, 3.63) is 18.2 Å². The summed E-state index contributed by atoms with van der Waals surface area (Å²) in [5.74, 6) is 1.90. The van der Waals surface area contributed by atoms with Gasteiger partial charge in [-0.3, -0.25) is 4.99 Å². The van der Waals surface area contributed by atoms with Gasteiger partial charge in [-0.25, -0.2) is 12.7 Å². The quantitative estimate of drug-likeness (QED) is 0.574. The van der Waals surface area contributed by atoms with E-state index in [0.29, 0.717) is 43.0 Å². The predicted octanol–water partition coefficient (Wildman–Crippen LogP) is 1.10. The van der Waals surface area contributed by atoms with E-state index < -0.39 is 10.0 Å². The second-order valence-electron chi connectivity index (χ2n) is 6.03. The van der Waals surface area contributed by atoms with Crippen molar-refractivity contribution in [2.24, 2.45) is 16.6 Å². The topological polar surface area (TPSA) is 106 Å². The van der Waals surface area contributed by atoms with Gasteiger partial charge in [0.1, 0.15) is 0 Å². The van der Waals surface area contributed by atoms with Crippen molar-refractivity contribution in [1.29, 1.82) is 0 Å². The Morgan fingerprint density at radius 1 is 1.28 bits per heavy atom. The van der Waals surface area contributed by atoms with Gasteiger partial charge in [-0.15, -0.1) is 0 Å². The van der Waals surface area contributed by atoms with Crippen LogP contribution >= 0.6 is 0 Å².